The van der Waals surface area contributed by atoms with Crippen molar-refractivity contribution in [3.05, 3.63) is 17.5 Å². The predicted octanol–water partition coefficient (Wildman–Crippen LogP) is 3.02. The molecule has 0 aliphatic carbocycles. The molecule has 0 unspecified atom stereocenters. The summed E-state index contributed by atoms with van der Waals surface area (Å²) in [6.45, 7) is 3.01. The Hall–Kier alpha value is -1.02. The second-order valence-corrected chi connectivity index (χ2v) is 6.67. The summed E-state index contributed by atoms with van der Waals surface area (Å²) in [5, 5.41) is 8.83. The highest BCUT2D eigenvalue weighted by atomic mass is 35.5. The molecule has 2 aromatic rings. The lowest BCUT2D eigenvalue weighted by Gasteiger charge is -2.26. The van der Waals surface area contributed by atoms with E-state index in [1.54, 1.807) is 11.3 Å². The van der Waals surface area contributed by atoms with Crippen LogP contribution in [0.1, 0.15) is 19.8 Å². The van der Waals surface area contributed by atoms with Gasteiger partial charge in [0.15, 0.2) is 5.82 Å². The average Bonchev–Trinajstić information content (AvgIpc) is 3.08. The molecule has 0 spiro atoms. The lowest BCUT2D eigenvalue weighted by Crippen LogP contribution is -2.40. The molecule has 8 heteroatoms. The Labute approximate surface area is 137 Å². The molecular weight excluding hydrogens is 328 g/mol. The molecule has 114 valence electrons. The van der Waals surface area contributed by atoms with E-state index >= 15 is 0 Å². The van der Waals surface area contributed by atoms with Crippen molar-refractivity contribution < 1.29 is 4.79 Å². The molecule has 2 aromatic heterocycles. The smallest absolute Gasteiger partial charge is 0.229 e. The maximum Gasteiger partial charge on any atom is 0.229 e. The Morgan fingerprint density at radius 2 is 2.38 bits per heavy atom. The third-order valence-electron chi connectivity index (χ3n) is 3.39. The molecule has 1 aliphatic rings. The number of carbonyl (C=O) groups excluding carboxylic acids is 1. The summed E-state index contributed by atoms with van der Waals surface area (Å²) < 4.78 is 4.29. The quantitative estimate of drug-likeness (QED) is 0.898. The number of hydrogen-bond acceptors (Lipinski definition) is 6. The summed E-state index contributed by atoms with van der Waals surface area (Å²) in [5.41, 5.74) is 0. The molecule has 0 aromatic carbocycles. The second-order valence-electron chi connectivity index (χ2n) is 4.97. The number of piperidine rings is 1. The fourth-order valence-electron chi connectivity index (χ4n) is 2.36. The highest BCUT2D eigenvalue weighted by Crippen LogP contribution is 2.26. The lowest BCUT2D eigenvalue weighted by molar-refractivity contribution is -0.120. The van der Waals surface area contributed by atoms with Gasteiger partial charge in [-0.05, 0) is 37.8 Å². The molecule has 0 bridgehead atoms. The van der Waals surface area contributed by atoms with Crippen LogP contribution in [-0.4, -0.2) is 27.9 Å². The monoisotopic (exact) mass is 344 g/mol. The van der Waals surface area contributed by atoms with Gasteiger partial charge in [0, 0.05) is 23.5 Å². The number of aromatic nitrogens is 2. The normalized spacial score (nSPS) is 21.6. The fourth-order valence-corrected chi connectivity index (χ4v) is 3.66. The largest absolute Gasteiger partial charge is 0.314 e. The van der Waals surface area contributed by atoms with Gasteiger partial charge in [0.2, 0.25) is 11.0 Å². The predicted molar refractivity (Wildman–Crippen MR) is 89.3 cm³/mol. The molecule has 5 nitrogen and oxygen atoms in total. The second kappa shape index (κ2) is 7.31. The first-order valence-electron chi connectivity index (χ1n) is 6.64. The van der Waals surface area contributed by atoms with Gasteiger partial charge in [0.05, 0.1) is 4.88 Å². The van der Waals surface area contributed by atoms with Crippen molar-refractivity contribution in [2.45, 2.75) is 25.8 Å². The van der Waals surface area contributed by atoms with Gasteiger partial charge in [-0.25, -0.2) is 0 Å². The lowest BCUT2D eigenvalue weighted by atomic mass is 9.93. The molecular formula is C13H17ClN4OS2. The fraction of sp³-hybridized carbons (Fsp3) is 0.462. The average molecular weight is 345 g/mol. The van der Waals surface area contributed by atoms with E-state index in [0.717, 1.165) is 24.3 Å². The minimum Gasteiger partial charge on any atom is -0.314 e. The Morgan fingerprint density at radius 1 is 1.52 bits per heavy atom. The molecule has 21 heavy (non-hydrogen) atoms. The van der Waals surface area contributed by atoms with E-state index in [4.69, 9.17) is 0 Å². The van der Waals surface area contributed by atoms with E-state index in [1.807, 2.05) is 17.5 Å². The molecule has 2 atom stereocenters. The van der Waals surface area contributed by atoms with Gasteiger partial charge in [-0.1, -0.05) is 6.07 Å². The van der Waals surface area contributed by atoms with Crippen LogP contribution < -0.4 is 10.6 Å². The zero-order valence-corrected chi connectivity index (χ0v) is 14.0. The van der Waals surface area contributed by atoms with E-state index < -0.39 is 0 Å². The zero-order valence-electron chi connectivity index (χ0n) is 11.5. The van der Waals surface area contributed by atoms with E-state index in [9.17, 15) is 4.79 Å². The number of amides is 1. The van der Waals surface area contributed by atoms with Crippen molar-refractivity contribution in [1.29, 1.82) is 0 Å². The highest BCUT2D eigenvalue weighted by Gasteiger charge is 2.25. The van der Waals surface area contributed by atoms with Gasteiger partial charge in [-0.2, -0.15) is 9.36 Å². The molecule has 0 saturated carbocycles. The van der Waals surface area contributed by atoms with Crippen molar-refractivity contribution in [2.24, 2.45) is 5.92 Å². The maximum absolute atomic E-state index is 12.2. The van der Waals surface area contributed by atoms with E-state index in [1.165, 1.54) is 11.5 Å². The molecule has 1 amide bonds. The summed E-state index contributed by atoms with van der Waals surface area (Å²) in [4.78, 5) is 17.6. The zero-order chi connectivity index (χ0) is 13.9. The Bertz CT molecular complexity index is 587. The van der Waals surface area contributed by atoms with Gasteiger partial charge in [0.25, 0.3) is 0 Å². The standard InChI is InChI=1S/C13H16N4OS2.ClH/c1-8-7-9(4-5-14-8)12(18)16-13-15-11(17-20-13)10-3-2-6-19-10;/h2-3,6,8-9,14H,4-5,7H2,1H3,(H,15,16,17,18);1H/t8-,9-;/m0./s1. The Balaban J connectivity index is 0.00000161. The molecule has 0 radical (unpaired) electrons. The van der Waals surface area contributed by atoms with Crippen LogP contribution in [0.25, 0.3) is 10.7 Å². The van der Waals surface area contributed by atoms with Crippen LogP contribution in [0.3, 0.4) is 0 Å². The first-order valence-corrected chi connectivity index (χ1v) is 8.29. The Morgan fingerprint density at radius 3 is 3.10 bits per heavy atom. The van der Waals surface area contributed by atoms with Crippen LogP contribution in [0.15, 0.2) is 17.5 Å². The summed E-state index contributed by atoms with van der Waals surface area (Å²) in [7, 11) is 0. The van der Waals surface area contributed by atoms with Crippen molar-refractivity contribution in [3.63, 3.8) is 0 Å². The molecule has 1 aliphatic heterocycles. The summed E-state index contributed by atoms with van der Waals surface area (Å²) in [6, 6.07) is 4.35. The van der Waals surface area contributed by atoms with Gasteiger partial charge >= 0.3 is 0 Å². The van der Waals surface area contributed by atoms with Gasteiger partial charge in [-0.3, -0.25) is 4.79 Å². The third-order valence-corrected chi connectivity index (χ3v) is 4.89. The Kier molecular flexibility index (Phi) is 5.69. The number of thiophene rings is 1. The number of anilines is 1. The number of nitrogens with one attached hydrogen (secondary N) is 2. The topological polar surface area (TPSA) is 66.9 Å². The van der Waals surface area contributed by atoms with Crippen LogP contribution >= 0.6 is 35.3 Å². The first-order chi connectivity index (χ1) is 9.72. The number of rotatable bonds is 3. The van der Waals surface area contributed by atoms with Crippen LogP contribution in [0.4, 0.5) is 5.13 Å². The van der Waals surface area contributed by atoms with E-state index in [0.29, 0.717) is 17.0 Å². The van der Waals surface area contributed by atoms with Crippen molar-refractivity contribution in [1.82, 2.24) is 14.7 Å². The molecule has 1 fully saturated rings. The summed E-state index contributed by atoms with van der Waals surface area (Å²) >= 11 is 2.84. The van der Waals surface area contributed by atoms with Crippen molar-refractivity contribution >= 4 is 46.3 Å². The number of hydrogen-bond donors (Lipinski definition) is 2. The summed E-state index contributed by atoms with van der Waals surface area (Å²) in [6.07, 6.45) is 1.76. The highest BCUT2D eigenvalue weighted by molar-refractivity contribution is 7.14. The van der Waals surface area contributed by atoms with Crippen LogP contribution in [0.5, 0.6) is 0 Å². The van der Waals surface area contributed by atoms with Gasteiger partial charge < -0.3 is 10.6 Å². The van der Waals surface area contributed by atoms with Crippen molar-refractivity contribution in [3.8, 4) is 10.7 Å². The van der Waals surface area contributed by atoms with Crippen LogP contribution in [0.2, 0.25) is 0 Å². The van der Waals surface area contributed by atoms with Crippen LogP contribution in [-0.2, 0) is 4.79 Å². The minimum absolute atomic E-state index is 0. The first kappa shape index (κ1) is 16.4. The SMILES string of the molecule is C[C@H]1C[C@@H](C(=O)Nc2nc(-c3cccs3)ns2)CCN1.Cl. The molecule has 1 saturated heterocycles. The van der Waals surface area contributed by atoms with Crippen molar-refractivity contribution in [2.75, 3.05) is 11.9 Å². The summed E-state index contributed by atoms with van der Waals surface area (Å²) in [5.74, 6) is 0.826. The number of nitrogens with zero attached hydrogens (tertiary/aromatic N) is 2. The van der Waals surface area contributed by atoms with E-state index in [-0.39, 0.29) is 24.2 Å². The van der Waals surface area contributed by atoms with Crippen LogP contribution in [0, 0.1) is 5.92 Å². The third kappa shape index (κ3) is 4.00. The molecule has 3 rings (SSSR count). The van der Waals surface area contributed by atoms with E-state index in [2.05, 4.69) is 26.9 Å². The number of halogens is 1. The van der Waals surface area contributed by atoms with Gasteiger partial charge in [-0.15, -0.1) is 23.7 Å². The molecule has 3 heterocycles. The molecule has 2 N–H and O–H groups in total. The minimum atomic E-state index is 0. The number of carbonyl (C=O) groups is 1. The maximum atomic E-state index is 12.2. The van der Waals surface area contributed by atoms with Gasteiger partial charge in [0.1, 0.15) is 0 Å².